The smallest absolute Gasteiger partial charge is 0.440 e. The number of anilines is 1. The number of halogens is 5. The molecule has 0 spiro atoms. The lowest BCUT2D eigenvalue weighted by Crippen LogP contribution is -2.63. The van der Waals surface area contributed by atoms with Gasteiger partial charge in [-0.3, -0.25) is 19.5 Å². The molecule has 3 N–H and O–H groups in total. The normalized spacial score (nSPS) is 22.9. The van der Waals surface area contributed by atoms with Gasteiger partial charge in [0.1, 0.15) is 0 Å². The van der Waals surface area contributed by atoms with Gasteiger partial charge < -0.3 is 15.3 Å². The number of piperidine rings is 1. The first kappa shape index (κ1) is 23.4. The number of carbonyl (C=O) groups excluding carboxylic acids is 2. The summed E-state index contributed by atoms with van der Waals surface area (Å²) in [6.45, 7) is 0.296. The molecule has 1 fully saturated rings. The van der Waals surface area contributed by atoms with Crippen LogP contribution < -0.4 is 10.6 Å². The van der Waals surface area contributed by atoms with Crippen molar-refractivity contribution in [2.75, 3.05) is 11.9 Å². The number of carbonyl (C=O) groups is 3. The van der Waals surface area contributed by atoms with E-state index in [4.69, 9.17) is 23.2 Å². The Bertz CT molecular complexity index is 1150. The van der Waals surface area contributed by atoms with Crippen LogP contribution in [0.4, 0.5) is 23.9 Å². The van der Waals surface area contributed by atoms with Gasteiger partial charge in [-0.15, -0.1) is 0 Å². The Kier molecular flexibility index (Phi) is 5.85. The van der Waals surface area contributed by atoms with Crippen LogP contribution in [0.5, 0.6) is 0 Å². The minimum atomic E-state index is -5.24. The third-order valence-electron chi connectivity index (χ3n) is 5.89. The first-order chi connectivity index (χ1) is 15.5. The number of hydrogen-bond acceptors (Lipinski definition) is 4. The van der Waals surface area contributed by atoms with E-state index in [9.17, 15) is 32.7 Å². The van der Waals surface area contributed by atoms with Crippen molar-refractivity contribution >= 4 is 58.1 Å². The second-order valence-electron chi connectivity index (χ2n) is 7.90. The van der Waals surface area contributed by atoms with Gasteiger partial charge in [-0.2, -0.15) is 13.2 Å². The second-order valence-corrected chi connectivity index (χ2v) is 8.71. The van der Waals surface area contributed by atoms with E-state index in [1.54, 1.807) is 0 Å². The molecule has 2 atom stereocenters. The maximum Gasteiger partial charge on any atom is 0.440 e. The van der Waals surface area contributed by atoms with Crippen LogP contribution in [-0.2, 0) is 15.3 Å². The van der Waals surface area contributed by atoms with Crippen LogP contribution in [0.15, 0.2) is 12.1 Å². The lowest BCUT2D eigenvalue weighted by Gasteiger charge is -2.34. The van der Waals surface area contributed by atoms with Crippen molar-refractivity contribution in [2.24, 2.45) is 0 Å². The zero-order valence-corrected chi connectivity index (χ0v) is 18.4. The summed E-state index contributed by atoms with van der Waals surface area (Å²) in [5.74, 6) is -3.01. The summed E-state index contributed by atoms with van der Waals surface area (Å²) in [5.41, 5.74) is -3.56. The first-order valence-corrected chi connectivity index (χ1v) is 10.8. The Morgan fingerprint density at radius 1 is 1.27 bits per heavy atom. The number of benzene rings is 1. The largest absolute Gasteiger partial charge is 0.465 e. The number of likely N-dealkylation sites (tertiary alicyclic amines) is 1. The Morgan fingerprint density at radius 3 is 2.64 bits per heavy atom. The van der Waals surface area contributed by atoms with Gasteiger partial charge in [0.2, 0.25) is 11.9 Å². The summed E-state index contributed by atoms with van der Waals surface area (Å²) in [6.07, 6.45) is -4.85. The molecule has 3 heterocycles. The zero-order chi connectivity index (χ0) is 24.1. The minimum absolute atomic E-state index is 0.0205. The molecular weight excluding hydrogens is 490 g/mol. The first-order valence-electron chi connectivity index (χ1n) is 10.0. The zero-order valence-electron chi connectivity index (χ0n) is 16.9. The molecule has 33 heavy (non-hydrogen) atoms. The van der Waals surface area contributed by atoms with E-state index < -0.39 is 48.2 Å². The topological polar surface area (TPSA) is 117 Å². The molecule has 1 aromatic heterocycles. The van der Waals surface area contributed by atoms with Gasteiger partial charge in [0.05, 0.1) is 21.1 Å². The van der Waals surface area contributed by atoms with Crippen molar-refractivity contribution in [1.29, 1.82) is 0 Å². The Balaban J connectivity index is 1.66. The van der Waals surface area contributed by atoms with Crippen LogP contribution in [0.3, 0.4) is 0 Å². The molecule has 1 saturated heterocycles. The van der Waals surface area contributed by atoms with Gasteiger partial charge in [0.15, 0.2) is 0 Å². The van der Waals surface area contributed by atoms with Crippen molar-refractivity contribution in [2.45, 2.75) is 50.0 Å². The van der Waals surface area contributed by atoms with E-state index in [0.29, 0.717) is 24.0 Å². The molecule has 4 rings (SSSR count). The highest BCUT2D eigenvalue weighted by molar-refractivity contribution is 6.42. The summed E-state index contributed by atoms with van der Waals surface area (Å²) in [4.78, 5) is 41.8. The molecule has 2 aliphatic heterocycles. The van der Waals surface area contributed by atoms with Crippen molar-refractivity contribution in [1.82, 2.24) is 19.8 Å². The molecule has 2 aromatic rings. The number of hydrogen-bond donors (Lipinski definition) is 3. The van der Waals surface area contributed by atoms with E-state index >= 15 is 0 Å². The molecule has 2 unspecified atom stereocenters. The van der Waals surface area contributed by atoms with Gasteiger partial charge >= 0.3 is 12.3 Å². The van der Waals surface area contributed by atoms with Crippen LogP contribution in [0.2, 0.25) is 10.0 Å². The van der Waals surface area contributed by atoms with Gasteiger partial charge in [0, 0.05) is 19.0 Å². The molecule has 0 bridgehead atoms. The number of imidazole rings is 1. The maximum absolute atomic E-state index is 14.4. The predicted molar refractivity (Wildman–Crippen MR) is 112 cm³/mol. The van der Waals surface area contributed by atoms with Crippen LogP contribution in [-0.4, -0.2) is 56.2 Å². The summed E-state index contributed by atoms with van der Waals surface area (Å²) < 4.78 is 43.7. The number of carboxylic acid groups (broad SMARTS) is 1. The number of amides is 3. The van der Waals surface area contributed by atoms with Gasteiger partial charge in [-0.25, -0.2) is 9.78 Å². The second kappa shape index (κ2) is 8.24. The molecule has 1 aromatic carbocycles. The highest BCUT2D eigenvalue weighted by atomic mass is 35.5. The number of rotatable bonds is 4. The Morgan fingerprint density at radius 2 is 1.97 bits per heavy atom. The van der Waals surface area contributed by atoms with E-state index in [2.05, 4.69) is 10.3 Å². The lowest BCUT2D eigenvalue weighted by molar-refractivity contribution is -0.217. The quantitative estimate of drug-likeness (QED) is 0.579. The average Bonchev–Trinajstić information content (AvgIpc) is 3.20. The number of fused-ring (bicyclic) bond motifs is 3. The van der Waals surface area contributed by atoms with E-state index in [1.165, 1.54) is 11.0 Å². The predicted octanol–water partition coefficient (Wildman–Crippen LogP) is 3.94. The monoisotopic (exact) mass is 507 g/mol. The molecule has 0 aliphatic carbocycles. The molecular formula is C19H18Cl2F3N5O4. The Labute approximate surface area is 194 Å². The van der Waals surface area contributed by atoms with Crippen molar-refractivity contribution in [3.05, 3.63) is 22.2 Å². The fourth-order valence-electron chi connectivity index (χ4n) is 4.34. The van der Waals surface area contributed by atoms with Gasteiger partial charge in [-0.05, 0) is 37.8 Å². The molecule has 9 nitrogen and oxygen atoms in total. The standard InChI is InChI=1S/C19H18Cl2F3N5O4/c20-10-7-12-13(8-11(10)21)29-16(25-12)26-15(31)18(29,19(22,23)24)27-14(30)5-4-9-3-1-2-6-28(9)17(32)33/h7-9H,1-6H2,(H,27,30)(H,32,33)(H,25,26,31). The van der Waals surface area contributed by atoms with E-state index in [0.717, 1.165) is 12.5 Å². The third-order valence-corrected chi connectivity index (χ3v) is 6.62. The van der Waals surface area contributed by atoms with Crippen molar-refractivity contribution in [3.8, 4) is 0 Å². The lowest BCUT2D eigenvalue weighted by atomic mass is 9.98. The number of nitrogens with one attached hydrogen (secondary N) is 2. The number of nitrogens with zero attached hydrogens (tertiary/aromatic N) is 3. The highest BCUT2D eigenvalue weighted by Crippen LogP contribution is 2.45. The van der Waals surface area contributed by atoms with Crippen molar-refractivity contribution in [3.63, 3.8) is 0 Å². The molecule has 2 aliphatic rings. The van der Waals surface area contributed by atoms with E-state index in [1.807, 2.05) is 5.32 Å². The summed E-state index contributed by atoms with van der Waals surface area (Å²) in [7, 11) is 0. The molecule has 0 radical (unpaired) electrons. The fourth-order valence-corrected chi connectivity index (χ4v) is 4.66. The molecule has 0 saturated carbocycles. The van der Waals surface area contributed by atoms with Crippen LogP contribution in [0.1, 0.15) is 32.1 Å². The van der Waals surface area contributed by atoms with Crippen LogP contribution in [0, 0.1) is 0 Å². The Hall–Kier alpha value is -2.73. The average molecular weight is 508 g/mol. The highest BCUT2D eigenvalue weighted by Gasteiger charge is 2.67. The molecule has 178 valence electrons. The summed E-state index contributed by atoms with van der Waals surface area (Å²) in [5, 5.41) is 13.2. The number of aromatic nitrogens is 2. The SMILES string of the molecule is O=C(CCC1CCCCN1C(=O)O)NC1(C(F)(F)F)C(=O)Nc2nc3cc(Cl)c(Cl)cc3n21. The fraction of sp³-hybridized carbons (Fsp3) is 0.474. The minimum Gasteiger partial charge on any atom is -0.465 e. The third kappa shape index (κ3) is 3.84. The van der Waals surface area contributed by atoms with Crippen LogP contribution >= 0.6 is 23.2 Å². The van der Waals surface area contributed by atoms with Gasteiger partial charge in [-0.1, -0.05) is 23.2 Å². The van der Waals surface area contributed by atoms with Gasteiger partial charge in [0.25, 0.3) is 11.6 Å². The molecule has 3 amide bonds. The summed E-state index contributed by atoms with van der Waals surface area (Å²) >= 11 is 11.9. The maximum atomic E-state index is 14.4. The van der Waals surface area contributed by atoms with Crippen LogP contribution in [0.25, 0.3) is 11.0 Å². The van der Waals surface area contributed by atoms with E-state index in [-0.39, 0.29) is 27.5 Å². The van der Waals surface area contributed by atoms with Crippen molar-refractivity contribution < 1.29 is 32.7 Å². The number of alkyl halides is 3. The molecule has 14 heteroatoms. The summed E-state index contributed by atoms with van der Waals surface area (Å²) in [6, 6.07) is 1.89.